The number of amides is 1. The molecule has 0 unspecified atom stereocenters. The molecule has 2 aliphatic rings. The van der Waals surface area contributed by atoms with Gasteiger partial charge in [0, 0.05) is 17.5 Å². The molecule has 32 heavy (non-hydrogen) atoms. The van der Waals surface area contributed by atoms with Crippen molar-refractivity contribution >= 4 is 17.4 Å². The first kappa shape index (κ1) is 20.1. The van der Waals surface area contributed by atoms with E-state index in [2.05, 4.69) is 0 Å². The Morgan fingerprint density at radius 1 is 1.16 bits per heavy atom. The highest BCUT2D eigenvalue weighted by atomic mass is 19.1. The number of nitrogens with zero attached hydrogens (tertiary/aromatic N) is 1. The summed E-state index contributed by atoms with van der Waals surface area (Å²) in [5, 5.41) is 11.2. The van der Waals surface area contributed by atoms with Crippen molar-refractivity contribution in [1.82, 2.24) is 4.90 Å². The summed E-state index contributed by atoms with van der Waals surface area (Å²) in [6.07, 6.45) is 2.14. The van der Waals surface area contributed by atoms with E-state index < -0.39 is 23.5 Å². The minimum Gasteiger partial charge on any atom is -0.507 e. The highest BCUT2D eigenvalue weighted by Crippen LogP contribution is 2.42. The zero-order chi connectivity index (χ0) is 22.4. The van der Waals surface area contributed by atoms with Gasteiger partial charge in [-0.25, -0.2) is 4.39 Å². The number of carbonyl (C=O) groups is 2. The number of rotatable bonds is 4. The number of Topliss-reactive ketones (excluding diaryl/α,β-unsaturated/α-hetero) is 1. The van der Waals surface area contributed by atoms with E-state index in [1.54, 1.807) is 36.4 Å². The third-order valence-electron chi connectivity index (χ3n) is 5.82. The van der Waals surface area contributed by atoms with Crippen molar-refractivity contribution in [2.45, 2.75) is 32.0 Å². The molecule has 2 aliphatic heterocycles. The Bertz CT molecular complexity index is 1250. The number of fused-ring (bicyclic) bond motifs is 1. The van der Waals surface area contributed by atoms with Crippen LogP contribution in [0, 0.1) is 5.82 Å². The summed E-state index contributed by atoms with van der Waals surface area (Å²) < 4.78 is 25.9. The number of carbonyl (C=O) groups excluding carboxylic acids is 2. The third-order valence-corrected chi connectivity index (χ3v) is 5.82. The van der Waals surface area contributed by atoms with E-state index >= 15 is 0 Å². The minimum atomic E-state index is -1.09. The lowest BCUT2D eigenvalue weighted by atomic mass is 9.94. The number of aliphatic hydroxyl groups is 1. The van der Waals surface area contributed by atoms with Crippen LogP contribution in [-0.4, -0.2) is 27.8 Å². The van der Waals surface area contributed by atoms with Crippen LogP contribution >= 0.6 is 0 Å². The maximum absolute atomic E-state index is 14.8. The van der Waals surface area contributed by atoms with Crippen LogP contribution in [0.3, 0.4) is 0 Å². The predicted molar refractivity (Wildman–Crippen MR) is 113 cm³/mol. The van der Waals surface area contributed by atoms with Gasteiger partial charge in [0.2, 0.25) is 0 Å². The second kappa shape index (κ2) is 7.67. The van der Waals surface area contributed by atoms with Gasteiger partial charge in [-0.15, -0.1) is 0 Å². The molecule has 1 amide bonds. The van der Waals surface area contributed by atoms with Crippen LogP contribution in [0.1, 0.15) is 35.4 Å². The Kier molecular flexibility index (Phi) is 4.81. The van der Waals surface area contributed by atoms with Crippen molar-refractivity contribution in [3.63, 3.8) is 0 Å². The summed E-state index contributed by atoms with van der Waals surface area (Å²) in [6.45, 7) is 1.90. The summed E-state index contributed by atoms with van der Waals surface area (Å²) in [4.78, 5) is 27.2. The molecule has 1 N–H and O–H groups in total. The summed E-state index contributed by atoms with van der Waals surface area (Å²) in [6, 6.07) is 13.3. The second-order valence-corrected chi connectivity index (χ2v) is 7.98. The van der Waals surface area contributed by atoms with Gasteiger partial charge < -0.3 is 19.2 Å². The monoisotopic (exact) mass is 433 g/mol. The lowest BCUT2D eigenvalue weighted by Gasteiger charge is -2.24. The zero-order valence-electron chi connectivity index (χ0n) is 17.2. The standard InChI is InChI=1S/C25H20FNO5/c1-14-11-16-12-15(8-9-20(16)32-14)23(28)21-22(18-6-2-3-7-19(18)26)27(25(30)24(21)29)13-17-5-4-10-31-17/h2-10,12,14,22,28H,11,13H2,1H3/t14-,22+/m0/s1. The predicted octanol–water partition coefficient (Wildman–Crippen LogP) is 4.36. The molecule has 0 saturated carbocycles. The van der Waals surface area contributed by atoms with E-state index in [-0.39, 0.29) is 29.5 Å². The molecule has 0 radical (unpaired) electrons. The van der Waals surface area contributed by atoms with Crippen LogP contribution in [0.15, 0.2) is 70.9 Å². The van der Waals surface area contributed by atoms with Crippen molar-refractivity contribution in [2.24, 2.45) is 0 Å². The molecule has 3 aromatic rings. The van der Waals surface area contributed by atoms with Gasteiger partial charge in [0.15, 0.2) is 0 Å². The Morgan fingerprint density at radius 2 is 1.97 bits per heavy atom. The van der Waals surface area contributed by atoms with Gasteiger partial charge in [-0.3, -0.25) is 9.59 Å². The molecule has 1 fully saturated rings. The average molecular weight is 433 g/mol. The van der Waals surface area contributed by atoms with Crippen LogP contribution < -0.4 is 4.74 Å². The second-order valence-electron chi connectivity index (χ2n) is 7.98. The van der Waals surface area contributed by atoms with E-state index in [1.165, 1.54) is 29.4 Å². The Balaban J connectivity index is 1.65. The van der Waals surface area contributed by atoms with Gasteiger partial charge in [0.1, 0.15) is 29.2 Å². The van der Waals surface area contributed by atoms with E-state index in [4.69, 9.17) is 9.15 Å². The number of ether oxygens (including phenoxy) is 1. The Hall–Kier alpha value is -3.87. The van der Waals surface area contributed by atoms with Gasteiger partial charge >= 0.3 is 0 Å². The molecule has 1 aromatic heterocycles. The number of furan rings is 1. The summed E-state index contributed by atoms with van der Waals surface area (Å²) in [5.74, 6) is -1.46. The van der Waals surface area contributed by atoms with Crippen molar-refractivity contribution in [1.29, 1.82) is 0 Å². The quantitative estimate of drug-likeness (QED) is 0.376. The number of halogens is 1. The molecule has 162 valence electrons. The first-order valence-corrected chi connectivity index (χ1v) is 10.3. The third kappa shape index (κ3) is 3.26. The molecule has 7 heteroatoms. The highest BCUT2D eigenvalue weighted by molar-refractivity contribution is 6.46. The van der Waals surface area contributed by atoms with Crippen molar-refractivity contribution in [3.8, 4) is 5.75 Å². The first-order chi connectivity index (χ1) is 15.4. The van der Waals surface area contributed by atoms with Gasteiger partial charge in [0.05, 0.1) is 24.4 Å². The first-order valence-electron chi connectivity index (χ1n) is 10.3. The van der Waals surface area contributed by atoms with E-state index in [1.807, 2.05) is 6.92 Å². The molecule has 5 rings (SSSR count). The summed E-state index contributed by atoms with van der Waals surface area (Å²) in [7, 11) is 0. The fourth-order valence-electron chi connectivity index (χ4n) is 4.36. The van der Waals surface area contributed by atoms with Gasteiger partial charge in [-0.2, -0.15) is 0 Å². The van der Waals surface area contributed by atoms with Gasteiger partial charge in [-0.1, -0.05) is 18.2 Å². The fraction of sp³-hybridized carbons (Fsp3) is 0.200. The molecular formula is C25H20FNO5. The SMILES string of the molecule is C[C@H]1Cc2cc(C(O)=C3C(=O)C(=O)N(Cc4ccco4)[C@@H]3c3ccccc3F)ccc2O1. The number of likely N-dealkylation sites (tertiary alicyclic amines) is 1. The van der Waals surface area contributed by atoms with Crippen molar-refractivity contribution in [3.05, 3.63) is 94.7 Å². The highest BCUT2D eigenvalue weighted by Gasteiger charge is 2.47. The van der Waals surface area contributed by atoms with E-state index in [0.717, 1.165) is 11.3 Å². The molecule has 2 atom stereocenters. The Morgan fingerprint density at radius 3 is 2.72 bits per heavy atom. The summed E-state index contributed by atoms with van der Waals surface area (Å²) in [5.41, 5.74) is 1.24. The number of ketones is 1. The van der Waals surface area contributed by atoms with Crippen LogP contribution in [0.2, 0.25) is 0 Å². The maximum Gasteiger partial charge on any atom is 0.296 e. The number of hydrogen-bond donors (Lipinski definition) is 1. The molecule has 0 spiro atoms. The number of hydrogen-bond acceptors (Lipinski definition) is 5. The lowest BCUT2D eigenvalue weighted by Crippen LogP contribution is -2.29. The minimum absolute atomic E-state index is 0.0136. The summed E-state index contributed by atoms with van der Waals surface area (Å²) >= 11 is 0. The molecular weight excluding hydrogens is 413 g/mol. The van der Waals surface area contributed by atoms with Crippen LogP contribution in [0.25, 0.3) is 5.76 Å². The largest absolute Gasteiger partial charge is 0.507 e. The zero-order valence-corrected chi connectivity index (χ0v) is 17.2. The van der Waals surface area contributed by atoms with Crippen molar-refractivity contribution < 1.29 is 28.2 Å². The molecule has 3 heterocycles. The van der Waals surface area contributed by atoms with Crippen LogP contribution in [-0.2, 0) is 22.6 Å². The number of aliphatic hydroxyl groups excluding tert-OH is 1. The fourth-order valence-corrected chi connectivity index (χ4v) is 4.36. The average Bonchev–Trinajstić information content (AvgIpc) is 3.48. The van der Waals surface area contributed by atoms with Gasteiger partial charge in [0.25, 0.3) is 11.7 Å². The molecule has 2 aromatic carbocycles. The van der Waals surface area contributed by atoms with E-state index in [9.17, 15) is 19.1 Å². The van der Waals surface area contributed by atoms with Crippen LogP contribution in [0.5, 0.6) is 5.75 Å². The lowest BCUT2D eigenvalue weighted by molar-refractivity contribution is -0.140. The van der Waals surface area contributed by atoms with Crippen molar-refractivity contribution in [2.75, 3.05) is 0 Å². The maximum atomic E-state index is 14.8. The molecule has 6 nitrogen and oxygen atoms in total. The van der Waals surface area contributed by atoms with E-state index in [0.29, 0.717) is 17.7 Å². The smallest absolute Gasteiger partial charge is 0.296 e. The topological polar surface area (TPSA) is 80.0 Å². The Labute approximate surface area is 183 Å². The van der Waals surface area contributed by atoms with Gasteiger partial charge in [-0.05, 0) is 48.9 Å². The molecule has 1 saturated heterocycles. The van der Waals surface area contributed by atoms with Crippen LogP contribution in [0.4, 0.5) is 4.39 Å². The molecule has 0 bridgehead atoms. The molecule has 0 aliphatic carbocycles. The number of benzene rings is 2. The normalized spacial score (nSPS) is 21.6.